The number of rotatable bonds is 8. The highest BCUT2D eigenvalue weighted by Crippen LogP contribution is 2.33. The molecule has 0 atom stereocenters. The average molecular weight is 337 g/mol. The fourth-order valence-corrected chi connectivity index (χ4v) is 3.41. The molecule has 0 spiro atoms. The molecule has 2 aliphatic carbocycles. The van der Waals surface area contributed by atoms with Crippen LogP contribution >= 0.6 is 11.6 Å². The van der Waals surface area contributed by atoms with Crippen LogP contribution in [-0.2, 0) is 11.3 Å². The normalized spacial score (nSPS) is 23.8. The number of benzene rings is 1. The number of aliphatic carboxylic acids is 1. The summed E-state index contributed by atoms with van der Waals surface area (Å²) in [4.78, 5) is 13.2. The minimum absolute atomic E-state index is 0.182. The summed E-state index contributed by atoms with van der Waals surface area (Å²) in [5.74, 6) is 0.0208. The fraction of sp³-hybridized carbons (Fsp3) is 0.611. The predicted octanol–water partition coefficient (Wildman–Crippen LogP) is 3.07. The molecule has 0 saturated heterocycles. The first-order chi connectivity index (χ1) is 11.0. The Balaban J connectivity index is 1.43. The van der Waals surface area contributed by atoms with E-state index < -0.39 is 5.97 Å². The van der Waals surface area contributed by atoms with Gasteiger partial charge < -0.3 is 10.4 Å². The Kier molecular flexibility index (Phi) is 5.24. The molecule has 23 heavy (non-hydrogen) atoms. The van der Waals surface area contributed by atoms with Crippen molar-refractivity contribution >= 4 is 17.6 Å². The zero-order chi connectivity index (χ0) is 16.4. The molecule has 5 heteroatoms. The van der Waals surface area contributed by atoms with E-state index in [0.717, 1.165) is 42.4 Å². The first kappa shape index (κ1) is 16.7. The SMILES string of the molecule is Cc1ccc(CNC2CC(N(CC(=O)O)CC3CC3)C2)cc1Cl. The number of aryl methyl sites for hydroxylation is 1. The minimum Gasteiger partial charge on any atom is -0.480 e. The van der Waals surface area contributed by atoms with Crippen molar-refractivity contribution in [3.05, 3.63) is 34.3 Å². The van der Waals surface area contributed by atoms with Crippen molar-refractivity contribution < 1.29 is 9.90 Å². The van der Waals surface area contributed by atoms with Crippen molar-refractivity contribution in [2.24, 2.45) is 5.92 Å². The number of carboxylic acids is 1. The van der Waals surface area contributed by atoms with Gasteiger partial charge in [0.05, 0.1) is 6.54 Å². The van der Waals surface area contributed by atoms with Crippen LogP contribution in [0, 0.1) is 12.8 Å². The van der Waals surface area contributed by atoms with E-state index in [1.165, 1.54) is 18.4 Å². The lowest BCUT2D eigenvalue weighted by atomic mass is 9.85. The van der Waals surface area contributed by atoms with Crippen LogP contribution in [0.2, 0.25) is 5.02 Å². The second-order valence-electron chi connectivity index (χ2n) is 7.05. The summed E-state index contributed by atoms with van der Waals surface area (Å²) in [6.07, 6.45) is 4.61. The number of hydrogen-bond donors (Lipinski definition) is 2. The van der Waals surface area contributed by atoms with E-state index in [1.807, 2.05) is 19.1 Å². The summed E-state index contributed by atoms with van der Waals surface area (Å²) in [5.41, 5.74) is 2.30. The zero-order valence-electron chi connectivity index (χ0n) is 13.6. The minimum atomic E-state index is -0.712. The highest BCUT2D eigenvalue weighted by atomic mass is 35.5. The summed E-state index contributed by atoms with van der Waals surface area (Å²) >= 11 is 6.15. The van der Waals surface area contributed by atoms with E-state index in [-0.39, 0.29) is 6.54 Å². The summed E-state index contributed by atoms with van der Waals surface area (Å²) in [7, 11) is 0. The van der Waals surface area contributed by atoms with E-state index in [9.17, 15) is 4.79 Å². The Morgan fingerprint density at radius 3 is 2.74 bits per heavy atom. The average Bonchev–Trinajstić information content (AvgIpc) is 3.24. The second kappa shape index (κ2) is 7.20. The lowest BCUT2D eigenvalue weighted by Crippen LogP contribution is -2.54. The van der Waals surface area contributed by atoms with E-state index in [4.69, 9.17) is 16.7 Å². The van der Waals surface area contributed by atoms with E-state index >= 15 is 0 Å². The van der Waals surface area contributed by atoms with Crippen LogP contribution in [0.4, 0.5) is 0 Å². The smallest absolute Gasteiger partial charge is 0.317 e. The van der Waals surface area contributed by atoms with Gasteiger partial charge in [-0.25, -0.2) is 0 Å². The number of hydrogen-bond acceptors (Lipinski definition) is 3. The summed E-state index contributed by atoms with van der Waals surface area (Å²) in [5, 5.41) is 13.5. The van der Waals surface area contributed by atoms with Gasteiger partial charge in [-0.3, -0.25) is 9.69 Å². The summed E-state index contributed by atoms with van der Waals surface area (Å²) in [6, 6.07) is 7.08. The van der Waals surface area contributed by atoms with Gasteiger partial charge in [-0.15, -0.1) is 0 Å². The van der Waals surface area contributed by atoms with Crippen molar-refractivity contribution in [2.75, 3.05) is 13.1 Å². The van der Waals surface area contributed by atoms with Gasteiger partial charge >= 0.3 is 5.97 Å². The molecule has 1 aromatic rings. The van der Waals surface area contributed by atoms with Gasteiger partial charge in [-0.1, -0.05) is 23.7 Å². The maximum Gasteiger partial charge on any atom is 0.317 e. The van der Waals surface area contributed by atoms with E-state index in [2.05, 4.69) is 16.3 Å². The molecule has 4 nitrogen and oxygen atoms in total. The summed E-state index contributed by atoms with van der Waals surface area (Å²) in [6.45, 7) is 3.96. The molecule has 0 heterocycles. The maximum absolute atomic E-state index is 11.0. The topological polar surface area (TPSA) is 52.6 Å². The van der Waals surface area contributed by atoms with Gasteiger partial charge in [0, 0.05) is 30.2 Å². The molecular weight excluding hydrogens is 312 g/mol. The number of nitrogens with zero attached hydrogens (tertiary/aromatic N) is 1. The van der Waals surface area contributed by atoms with Crippen LogP contribution in [-0.4, -0.2) is 41.1 Å². The molecule has 0 unspecified atom stereocenters. The number of halogens is 1. The van der Waals surface area contributed by atoms with Crippen LogP contribution in [0.15, 0.2) is 18.2 Å². The largest absolute Gasteiger partial charge is 0.480 e. The van der Waals surface area contributed by atoms with Crippen molar-refractivity contribution in [1.82, 2.24) is 10.2 Å². The molecule has 126 valence electrons. The van der Waals surface area contributed by atoms with Crippen LogP contribution in [0.1, 0.15) is 36.8 Å². The number of carbonyl (C=O) groups is 1. The van der Waals surface area contributed by atoms with Crippen LogP contribution in [0.25, 0.3) is 0 Å². The molecule has 0 aromatic heterocycles. The monoisotopic (exact) mass is 336 g/mol. The highest BCUT2D eigenvalue weighted by Gasteiger charge is 2.36. The molecule has 0 radical (unpaired) electrons. The summed E-state index contributed by atoms with van der Waals surface area (Å²) < 4.78 is 0. The second-order valence-corrected chi connectivity index (χ2v) is 7.46. The van der Waals surface area contributed by atoms with Crippen molar-refractivity contribution in [3.8, 4) is 0 Å². The Morgan fingerprint density at radius 2 is 2.13 bits per heavy atom. The molecule has 2 N–H and O–H groups in total. The van der Waals surface area contributed by atoms with Crippen LogP contribution in [0.5, 0.6) is 0 Å². The quantitative estimate of drug-likeness (QED) is 0.766. The number of carboxylic acid groups (broad SMARTS) is 1. The molecule has 2 aliphatic rings. The predicted molar refractivity (Wildman–Crippen MR) is 91.8 cm³/mol. The maximum atomic E-state index is 11.0. The first-order valence-corrected chi connectivity index (χ1v) is 8.83. The molecular formula is C18H25ClN2O2. The van der Waals surface area contributed by atoms with Crippen molar-refractivity contribution in [2.45, 2.75) is 51.2 Å². The molecule has 3 rings (SSSR count). The third-order valence-electron chi connectivity index (χ3n) is 4.99. The van der Waals surface area contributed by atoms with Gasteiger partial charge in [-0.05, 0) is 55.7 Å². The Bertz CT molecular complexity index is 568. The van der Waals surface area contributed by atoms with Gasteiger partial charge in [0.2, 0.25) is 0 Å². The molecule has 0 aliphatic heterocycles. The van der Waals surface area contributed by atoms with Gasteiger partial charge in [0.25, 0.3) is 0 Å². The standard InChI is InChI=1S/C18H25ClN2O2/c1-12-2-3-14(6-17(12)19)9-20-15-7-16(8-15)21(11-18(22)23)10-13-4-5-13/h2-3,6,13,15-16,20H,4-5,7-11H2,1H3,(H,22,23). The molecule has 2 saturated carbocycles. The Hall–Kier alpha value is -1.10. The third kappa shape index (κ3) is 4.69. The fourth-order valence-electron chi connectivity index (χ4n) is 3.21. The van der Waals surface area contributed by atoms with Gasteiger partial charge in [0.15, 0.2) is 0 Å². The molecule has 1 aromatic carbocycles. The molecule has 0 amide bonds. The Labute approximate surface area is 142 Å². The lowest BCUT2D eigenvalue weighted by Gasteiger charge is -2.43. The Morgan fingerprint density at radius 1 is 1.39 bits per heavy atom. The van der Waals surface area contributed by atoms with E-state index in [0.29, 0.717) is 12.1 Å². The van der Waals surface area contributed by atoms with E-state index in [1.54, 1.807) is 0 Å². The first-order valence-electron chi connectivity index (χ1n) is 8.45. The van der Waals surface area contributed by atoms with Gasteiger partial charge in [0.1, 0.15) is 0 Å². The molecule has 2 fully saturated rings. The third-order valence-corrected chi connectivity index (χ3v) is 5.40. The highest BCUT2D eigenvalue weighted by molar-refractivity contribution is 6.31. The number of nitrogens with one attached hydrogen (secondary N) is 1. The van der Waals surface area contributed by atoms with Crippen LogP contribution in [0.3, 0.4) is 0 Å². The van der Waals surface area contributed by atoms with Crippen molar-refractivity contribution in [3.63, 3.8) is 0 Å². The lowest BCUT2D eigenvalue weighted by molar-refractivity contribution is -0.139. The zero-order valence-corrected chi connectivity index (χ0v) is 14.4. The van der Waals surface area contributed by atoms with Crippen LogP contribution < -0.4 is 5.32 Å². The molecule has 0 bridgehead atoms. The van der Waals surface area contributed by atoms with Crippen molar-refractivity contribution in [1.29, 1.82) is 0 Å². The van der Waals surface area contributed by atoms with Gasteiger partial charge in [-0.2, -0.15) is 0 Å².